The van der Waals surface area contributed by atoms with Crippen LogP contribution in [0.25, 0.3) is 10.2 Å². The molecule has 0 bridgehead atoms. The Labute approximate surface area is 182 Å². The first-order chi connectivity index (χ1) is 14.6. The van der Waals surface area contributed by atoms with Crippen molar-refractivity contribution in [1.82, 2.24) is 15.2 Å². The molecule has 1 atom stereocenters. The van der Waals surface area contributed by atoms with Gasteiger partial charge in [0.25, 0.3) is 5.22 Å². The van der Waals surface area contributed by atoms with Crippen LogP contribution in [0.5, 0.6) is 0 Å². The molecule has 1 aliphatic rings. The molecule has 1 aliphatic carbocycles. The third-order valence-corrected chi connectivity index (χ3v) is 6.88. The van der Waals surface area contributed by atoms with Crippen molar-refractivity contribution in [2.24, 2.45) is 0 Å². The minimum atomic E-state index is -0.333. The lowest BCUT2D eigenvalue weighted by Gasteiger charge is -2.10. The predicted molar refractivity (Wildman–Crippen MR) is 119 cm³/mol. The zero-order valence-corrected chi connectivity index (χ0v) is 18.0. The van der Waals surface area contributed by atoms with Gasteiger partial charge < -0.3 is 9.73 Å². The van der Waals surface area contributed by atoms with Gasteiger partial charge in [-0.05, 0) is 49.6 Å². The number of hydrogen-bond acceptors (Lipinski definition) is 7. The van der Waals surface area contributed by atoms with E-state index in [9.17, 15) is 4.79 Å². The summed E-state index contributed by atoms with van der Waals surface area (Å²) in [5, 5.41) is 12.3. The highest BCUT2D eigenvalue weighted by molar-refractivity contribution is 8.00. The van der Waals surface area contributed by atoms with E-state index in [1.807, 2.05) is 49.4 Å². The summed E-state index contributed by atoms with van der Waals surface area (Å²) in [5.41, 5.74) is 2.97. The van der Waals surface area contributed by atoms with E-state index < -0.39 is 0 Å². The van der Waals surface area contributed by atoms with Gasteiger partial charge in [-0.1, -0.05) is 36.0 Å². The zero-order chi connectivity index (χ0) is 20.5. The fourth-order valence-electron chi connectivity index (χ4n) is 3.09. The van der Waals surface area contributed by atoms with Crippen LogP contribution < -0.4 is 5.32 Å². The van der Waals surface area contributed by atoms with E-state index >= 15 is 0 Å². The van der Waals surface area contributed by atoms with Crippen molar-refractivity contribution >= 4 is 44.9 Å². The smallest absolute Gasteiger partial charge is 0.277 e. The van der Waals surface area contributed by atoms with Crippen LogP contribution in [-0.4, -0.2) is 26.3 Å². The van der Waals surface area contributed by atoms with Gasteiger partial charge in [-0.3, -0.25) is 4.79 Å². The monoisotopic (exact) mass is 436 g/mol. The van der Waals surface area contributed by atoms with E-state index in [-0.39, 0.29) is 11.2 Å². The molecule has 1 saturated carbocycles. The van der Waals surface area contributed by atoms with Crippen LogP contribution in [-0.2, 0) is 11.2 Å². The average Bonchev–Trinajstić information content (AvgIpc) is 3.35. The molecule has 6 nitrogen and oxygen atoms in total. The fourth-order valence-corrected chi connectivity index (χ4v) is 4.78. The van der Waals surface area contributed by atoms with Crippen LogP contribution in [0.15, 0.2) is 58.2 Å². The summed E-state index contributed by atoms with van der Waals surface area (Å²) in [5.74, 6) is 1.01. The van der Waals surface area contributed by atoms with Crippen LogP contribution >= 0.6 is 23.1 Å². The fraction of sp³-hybridized carbons (Fsp3) is 0.273. The summed E-state index contributed by atoms with van der Waals surface area (Å²) in [6.07, 6.45) is 2.99. The quantitative estimate of drug-likeness (QED) is 0.398. The zero-order valence-electron chi connectivity index (χ0n) is 16.4. The van der Waals surface area contributed by atoms with Crippen molar-refractivity contribution < 1.29 is 9.21 Å². The van der Waals surface area contributed by atoms with E-state index in [0.29, 0.717) is 17.0 Å². The molecule has 4 aromatic rings. The molecular formula is C22H20N4O2S2. The number of fused-ring (bicyclic) bond motifs is 1. The Balaban J connectivity index is 1.17. The second kappa shape index (κ2) is 8.20. The number of thiazole rings is 1. The van der Waals surface area contributed by atoms with E-state index in [4.69, 9.17) is 4.42 Å². The normalized spacial score (nSPS) is 14.7. The molecule has 2 aromatic carbocycles. The summed E-state index contributed by atoms with van der Waals surface area (Å²) in [6, 6.07) is 16.1. The summed E-state index contributed by atoms with van der Waals surface area (Å²) in [6.45, 7) is 1.84. The molecule has 30 heavy (non-hydrogen) atoms. The van der Waals surface area contributed by atoms with Crippen molar-refractivity contribution in [2.45, 2.75) is 42.6 Å². The molecule has 0 spiro atoms. The number of nitrogens with one attached hydrogen (secondary N) is 1. The molecule has 1 fully saturated rings. The van der Waals surface area contributed by atoms with Gasteiger partial charge in [-0.15, -0.1) is 21.5 Å². The standard InChI is InChI=1S/C22H20N4O2S2/c1-13(29-22-26-25-21(28-22)15-8-9-15)20(27)23-16-10-6-14(7-11-16)12-19-24-17-4-2-3-5-18(17)30-19/h2-7,10-11,13,15H,8-9,12H2,1H3,(H,23,27). The van der Waals surface area contributed by atoms with E-state index in [2.05, 4.69) is 26.6 Å². The Morgan fingerprint density at radius 1 is 1.20 bits per heavy atom. The van der Waals surface area contributed by atoms with Crippen LogP contribution in [0.3, 0.4) is 0 Å². The molecule has 1 unspecified atom stereocenters. The SMILES string of the molecule is CC(Sc1nnc(C2CC2)o1)C(=O)Nc1ccc(Cc2nc3ccccc3s2)cc1. The largest absolute Gasteiger partial charge is 0.416 e. The molecule has 2 heterocycles. The van der Waals surface area contributed by atoms with Crippen molar-refractivity contribution in [1.29, 1.82) is 0 Å². The third kappa shape index (κ3) is 4.39. The Bertz CT molecular complexity index is 1150. The Hall–Kier alpha value is -2.71. The number of nitrogens with zero attached hydrogens (tertiary/aromatic N) is 3. The second-order valence-electron chi connectivity index (χ2n) is 7.38. The van der Waals surface area contributed by atoms with Gasteiger partial charge in [0.05, 0.1) is 20.5 Å². The summed E-state index contributed by atoms with van der Waals surface area (Å²) >= 11 is 3.00. The van der Waals surface area contributed by atoms with Crippen molar-refractivity contribution in [3.8, 4) is 0 Å². The van der Waals surface area contributed by atoms with Crippen molar-refractivity contribution in [3.63, 3.8) is 0 Å². The highest BCUT2D eigenvalue weighted by atomic mass is 32.2. The maximum absolute atomic E-state index is 12.5. The van der Waals surface area contributed by atoms with Gasteiger partial charge in [0, 0.05) is 18.0 Å². The van der Waals surface area contributed by atoms with Crippen LogP contribution in [0.4, 0.5) is 5.69 Å². The van der Waals surface area contributed by atoms with E-state index in [1.54, 1.807) is 11.3 Å². The number of anilines is 1. The highest BCUT2D eigenvalue weighted by Crippen LogP contribution is 2.40. The molecule has 1 N–H and O–H groups in total. The maximum Gasteiger partial charge on any atom is 0.277 e. The topological polar surface area (TPSA) is 80.9 Å². The lowest BCUT2D eigenvalue weighted by atomic mass is 10.1. The molecule has 0 radical (unpaired) electrons. The first kappa shape index (κ1) is 19.3. The summed E-state index contributed by atoms with van der Waals surface area (Å²) in [4.78, 5) is 17.2. The predicted octanol–water partition coefficient (Wildman–Crippen LogP) is 5.27. The van der Waals surface area contributed by atoms with Crippen LogP contribution in [0, 0.1) is 0 Å². The number of rotatable bonds is 7. The van der Waals surface area contributed by atoms with Gasteiger partial charge in [0.2, 0.25) is 11.8 Å². The number of amides is 1. The van der Waals surface area contributed by atoms with Gasteiger partial charge in [-0.25, -0.2) is 4.98 Å². The van der Waals surface area contributed by atoms with Gasteiger partial charge in [0.1, 0.15) is 0 Å². The maximum atomic E-state index is 12.5. The summed E-state index contributed by atoms with van der Waals surface area (Å²) < 4.78 is 6.83. The Morgan fingerprint density at radius 2 is 2.00 bits per heavy atom. The number of carbonyl (C=O) groups excluding carboxylic acids is 1. The van der Waals surface area contributed by atoms with Gasteiger partial charge >= 0.3 is 0 Å². The number of benzene rings is 2. The number of para-hydroxylation sites is 1. The molecule has 152 valence electrons. The Kier molecular flexibility index (Phi) is 5.26. The molecule has 0 aliphatic heterocycles. The minimum absolute atomic E-state index is 0.0925. The van der Waals surface area contributed by atoms with Crippen molar-refractivity contribution in [2.75, 3.05) is 5.32 Å². The summed E-state index contributed by atoms with van der Waals surface area (Å²) in [7, 11) is 0. The Morgan fingerprint density at radius 3 is 2.77 bits per heavy atom. The average molecular weight is 437 g/mol. The van der Waals surface area contributed by atoms with Gasteiger partial charge in [0.15, 0.2) is 0 Å². The first-order valence-corrected chi connectivity index (χ1v) is 11.6. The second-order valence-corrected chi connectivity index (χ2v) is 9.79. The van der Waals surface area contributed by atoms with Gasteiger partial charge in [-0.2, -0.15) is 0 Å². The number of thioether (sulfide) groups is 1. The minimum Gasteiger partial charge on any atom is -0.416 e. The number of carbonyl (C=O) groups is 1. The molecule has 5 rings (SSSR count). The molecule has 2 aromatic heterocycles. The molecule has 0 saturated heterocycles. The number of aromatic nitrogens is 3. The van der Waals surface area contributed by atoms with Crippen LogP contribution in [0.1, 0.15) is 42.1 Å². The lowest BCUT2D eigenvalue weighted by Crippen LogP contribution is -2.22. The number of hydrogen-bond donors (Lipinski definition) is 1. The first-order valence-electron chi connectivity index (χ1n) is 9.88. The van der Waals surface area contributed by atoms with E-state index in [0.717, 1.165) is 41.0 Å². The van der Waals surface area contributed by atoms with E-state index in [1.165, 1.54) is 16.5 Å². The van der Waals surface area contributed by atoms with Crippen LogP contribution in [0.2, 0.25) is 0 Å². The highest BCUT2D eigenvalue weighted by Gasteiger charge is 2.30. The third-order valence-electron chi connectivity index (χ3n) is 4.91. The lowest BCUT2D eigenvalue weighted by molar-refractivity contribution is -0.115. The molecular weight excluding hydrogens is 416 g/mol. The molecule has 8 heteroatoms. The molecule has 1 amide bonds. The van der Waals surface area contributed by atoms with Crippen molar-refractivity contribution in [3.05, 3.63) is 65.0 Å².